The maximum Gasteiger partial charge on any atom is 0.266 e. The van der Waals surface area contributed by atoms with E-state index in [0.717, 1.165) is 44.7 Å². The molecule has 1 aliphatic rings. The van der Waals surface area contributed by atoms with Crippen molar-refractivity contribution in [3.8, 4) is 0 Å². The minimum absolute atomic E-state index is 0.215. The van der Waals surface area contributed by atoms with Gasteiger partial charge >= 0.3 is 0 Å². The van der Waals surface area contributed by atoms with Crippen LogP contribution in [0.5, 0.6) is 0 Å². The van der Waals surface area contributed by atoms with Crippen molar-refractivity contribution < 1.29 is 0 Å². The molecule has 0 aromatic carbocycles. The Kier molecular flexibility index (Phi) is 3.98. The van der Waals surface area contributed by atoms with E-state index in [1.165, 1.54) is 0 Å². The van der Waals surface area contributed by atoms with E-state index >= 15 is 0 Å². The van der Waals surface area contributed by atoms with E-state index in [9.17, 15) is 4.79 Å². The van der Waals surface area contributed by atoms with Crippen LogP contribution in [-0.2, 0) is 6.42 Å². The van der Waals surface area contributed by atoms with Crippen LogP contribution in [0.25, 0.3) is 0 Å². The number of nitrogens with zero attached hydrogens (tertiary/aromatic N) is 1. The molecule has 0 spiro atoms. The molecule has 4 nitrogen and oxygen atoms in total. The molecular formula is C11H16ClN3O. The number of hydrogen-bond donors (Lipinski definition) is 2. The van der Waals surface area contributed by atoms with Gasteiger partial charge in [0.05, 0.1) is 0 Å². The minimum Gasteiger partial charge on any atom is -0.328 e. The standard InChI is InChI=1S/C11H16ClN3O/c12-10-7-9(8-14-11(10)16)1-4-15-5-2-13-3-6-15/h7-8,13H,1-6H2,(H,14,16). The second-order valence-corrected chi connectivity index (χ2v) is 4.43. The Morgan fingerprint density at radius 1 is 1.38 bits per heavy atom. The number of rotatable bonds is 3. The molecule has 1 fully saturated rings. The van der Waals surface area contributed by atoms with Gasteiger partial charge in [-0.05, 0) is 18.1 Å². The molecule has 2 rings (SSSR count). The Morgan fingerprint density at radius 3 is 2.81 bits per heavy atom. The van der Waals surface area contributed by atoms with Gasteiger partial charge in [-0.25, -0.2) is 0 Å². The molecule has 16 heavy (non-hydrogen) atoms. The predicted molar refractivity (Wildman–Crippen MR) is 65.1 cm³/mol. The van der Waals surface area contributed by atoms with E-state index in [1.807, 2.05) is 0 Å². The first-order valence-corrected chi connectivity index (χ1v) is 5.94. The summed E-state index contributed by atoms with van der Waals surface area (Å²) in [5.41, 5.74) is 0.871. The number of piperazine rings is 1. The molecule has 1 aliphatic heterocycles. The number of nitrogens with one attached hydrogen (secondary N) is 2. The second kappa shape index (κ2) is 5.48. The third-order valence-electron chi connectivity index (χ3n) is 2.84. The van der Waals surface area contributed by atoms with Gasteiger partial charge in [0.1, 0.15) is 5.02 Å². The van der Waals surface area contributed by atoms with Gasteiger partial charge in [-0.1, -0.05) is 11.6 Å². The van der Waals surface area contributed by atoms with Crippen molar-refractivity contribution >= 4 is 11.6 Å². The van der Waals surface area contributed by atoms with Crippen LogP contribution in [0.2, 0.25) is 5.02 Å². The molecule has 1 aromatic rings. The molecule has 2 N–H and O–H groups in total. The van der Waals surface area contributed by atoms with Crippen LogP contribution in [0, 0.1) is 0 Å². The average molecular weight is 242 g/mol. The summed E-state index contributed by atoms with van der Waals surface area (Å²) in [4.78, 5) is 16.1. The van der Waals surface area contributed by atoms with Crippen LogP contribution in [0.4, 0.5) is 0 Å². The second-order valence-electron chi connectivity index (χ2n) is 4.03. The highest BCUT2D eigenvalue weighted by Gasteiger charge is 2.09. The monoisotopic (exact) mass is 241 g/mol. The zero-order valence-corrected chi connectivity index (χ0v) is 9.89. The van der Waals surface area contributed by atoms with Gasteiger partial charge in [0.2, 0.25) is 0 Å². The molecule has 88 valence electrons. The van der Waals surface area contributed by atoms with Gasteiger partial charge in [0.15, 0.2) is 0 Å². The van der Waals surface area contributed by atoms with Gasteiger partial charge in [-0.3, -0.25) is 4.79 Å². The van der Waals surface area contributed by atoms with Gasteiger partial charge in [0.25, 0.3) is 5.56 Å². The predicted octanol–water partition coefficient (Wildman–Crippen LogP) is 0.476. The zero-order chi connectivity index (χ0) is 11.4. The van der Waals surface area contributed by atoms with Crippen molar-refractivity contribution in [2.45, 2.75) is 6.42 Å². The van der Waals surface area contributed by atoms with Gasteiger partial charge in [0, 0.05) is 38.9 Å². The third-order valence-corrected chi connectivity index (χ3v) is 3.12. The highest BCUT2D eigenvalue weighted by molar-refractivity contribution is 6.30. The van der Waals surface area contributed by atoms with Crippen molar-refractivity contribution in [3.63, 3.8) is 0 Å². The summed E-state index contributed by atoms with van der Waals surface area (Å²) in [7, 11) is 0. The number of pyridine rings is 1. The smallest absolute Gasteiger partial charge is 0.266 e. The first-order chi connectivity index (χ1) is 7.75. The van der Waals surface area contributed by atoms with Gasteiger partial charge in [-0.15, -0.1) is 0 Å². The molecule has 0 amide bonds. The summed E-state index contributed by atoms with van der Waals surface area (Å²) in [6.07, 6.45) is 2.67. The molecule has 1 saturated heterocycles. The summed E-state index contributed by atoms with van der Waals surface area (Å²) in [6.45, 7) is 5.33. The lowest BCUT2D eigenvalue weighted by molar-refractivity contribution is 0.244. The van der Waals surface area contributed by atoms with Crippen LogP contribution >= 0.6 is 11.6 Å². The Hall–Kier alpha value is -0.840. The van der Waals surface area contributed by atoms with Crippen molar-refractivity contribution in [1.82, 2.24) is 15.2 Å². The summed E-state index contributed by atoms with van der Waals surface area (Å²) in [5, 5.41) is 3.59. The lowest BCUT2D eigenvalue weighted by atomic mass is 10.2. The number of aromatic nitrogens is 1. The van der Waals surface area contributed by atoms with E-state index < -0.39 is 0 Å². The van der Waals surface area contributed by atoms with Crippen LogP contribution in [0.3, 0.4) is 0 Å². The molecule has 1 aromatic heterocycles. The lowest BCUT2D eigenvalue weighted by Crippen LogP contribution is -2.44. The number of hydrogen-bond acceptors (Lipinski definition) is 3. The maximum atomic E-state index is 11.1. The Labute approximate surface area is 99.6 Å². The van der Waals surface area contributed by atoms with Crippen LogP contribution in [0.15, 0.2) is 17.1 Å². The van der Waals surface area contributed by atoms with E-state index in [1.54, 1.807) is 12.3 Å². The summed E-state index contributed by atoms with van der Waals surface area (Å²) < 4.78 is 0. The van der Waals surface area contributed by atoms with Gasteiger partial charge in [-0.2, -0.15) is 0 Å². The maximum absolute atomic E-state index is 11.1. The van der Waals surface area contributed by atoms with Crippen molar-refractivity contribution in [2.24, 2.45) is 0 Å². The van der Waals surface area contributed by atoms with Crippen molar-refractivity contribution in [3.05, 3.63) is 33.2 Å². The SMILES string of the molecule is O=c1[nH]cc(CCN2CCNCC2)cc1Cl. The van der Waals surface area contributed by atoms with E-state index in [2.05, 4.69) is 15.2 Å². The molecule has 0 unspecified atom stereocenters. The fraction of sp³-hybridized carbons (Fsp3) is 0.545. The normalized spacial score (nSPS) is 17.6. The Balaban J connectivity index is 1.88. The summed E-state index contributed by atoms with van der Waals surface area (Å²) in [5.74, 6) is 0. The zero-order valence-electron chi connectivity index (χ0n) is 9.13. The minimum atomic E-state index is -0.215. The average Bonchev–Trinajstić information content (AvgIpc) is 2.32. The first-order valence-electron chi connectivity index (χ1n) is 5.56. The van der Waals surface area contributed by atoms with Crippen LogP contribution in [0.1, 0.15) is 5.56 Å². The molecule has 0 saturated carbocycles. The summed E-state index contributed by atoms with van der Waals surface area (Å²) >= 11 is 5.77. The summed E-state index contributed by atoms with van der Waals surface area (Å²) in [6, 6.07) is 1.75. The largest absolute Gasteiger partial charge is 0.328 e. The quantitative estimate of drug-likeness (QED) is 0.809. The molecule has 0 radical (unpaired) electrons. The topological polar surface area (TPSA) is 48.1 Å². The Morgan fingerprint density at radius 2 is 2.12 bits per heavy atom. The number of halogens is 1. The van der Waals surface area contributed by atoms with E-state index in [0.29, 0.717) is 0 Å². The molecule has 0 aliphatic carbocycles. The fourth-order valence-corrected chi connectivity index (χ4v) is 2.06. The number of H-pyrrole nitrogens is 1. The van der Waals surface area contributed by atoms with Gasteiger partial charge < -0.3 is 15.2 Å². The Bertz CT molecular complexity index is 398. The van der Waals surface area contributed by atoms with E-state index in [-0.39, 0.29) is 10.6 Å². The molecule has 5 heteroatoms. The molecule has 0 atom stereocenters. The van der Waals surface area contributed by atoms with E-state index in [4.69, 9.17) is 11.6 Å². The van der Waals surface area contributed by atoms with Crippen LogP contribution < -0.4 is 10.9 Å². The lowest BCUT2D eigenvalue weighted by Gasteiger charge is -2.27. The molecule has 0 bridgehead atoms. The molecule has 2 heterocycles. The van der Waals surface area contributed by atoms with Crippen molar-refractivity contribution in [2.75, 3.05) is 32.7 Å². The van der Waals surface area contributed by atoms with Crippen molar-refractivity contribution in [1.29, 1.82) is 0 Å². The highest BCUT2D eigenvalue weighted by Crippen LogP contribution is 2.05. The first kappa shape index (κ1) is 11.6. The fourth-order valence-electron chi connectivity index (χ4n) is 1.86. The van der Waals surface area contributed by atoms with Crippen LogP contribution in [-0.4, -0.2) is 42.6 Å². The third kappa shape index (κ3) is 3.07. The number of aromatic amines is 1. The highest BCUT2D eigenvalue weighted by atomic mass is 35.5. The molecular weight excluding hydrogens is 226 g/mol.